The number of carbonyl (C=O) groups excluding carboxylic acids is 1. The third kappa shape index (κ3) is 3.11. The molecule has 0 atom stereocenters. The minimum Gasteiger partial charge on any atom is -0.487 e. The van der Waals surface area contributed by atoms with Crippen LogP contribution in [0.15, 0.2) is 42.6 Å². The molecule has 0 unspecified atom stereocenters. The standard InChI is InChI=1S/C13H10FNO2/c14-11-3-1-10(2-4-11)9-17-13-6-5-12(8-16)15-7-13/h1-8H,9H2. The van der Waals surface area contributed by atoms with Crippen LogP contribution in [-0.2, 0) is 6.61 Å². The van der Waals surface area contributed by atoms with Gasteiger partial charge in [-0.15, -0.1) is 0 Å². The van der Waals surface area contributed by atoms with Crippen LogP contribution in [-0.4, -0.2) is 11.3 Å². The van der Waals surface area contributed by atoms with Crippen molar-refractivity contribution in [3.63, 3.8) is 0 Å². The van der Waals surface area contributed by atoms with E-state index in [4.69, 9.17) is 4.74 Å². The van der Waals surface area contributed by atoms with E-state index in [1.807, 2.05) is 0 Å². The maximum Gasteiger partial charge on any atom is 0.168 e. The number of aldehydes is 1. The molecule has 0 saturated carbocycles. The van der Waals surface area contributed by atoms with Crippen LogP contribution in [0, 0.1) is 5.82 Å². The molecule has 0 aliphatic rings. The van der Waals surface area contributed by atoms with Gasteiger partial charge in [0.2, 0.25) is 0 Å². The maximum atomic E-state index is 12.6. The lowest BCUT2D eigenvalue weighted by molar-refractivity contribution is 0.111. The summed E-state index contributed by atoms with van der Waals surface area (Å²) in [6, 6.07) is 9.32. The lowest BCUT2D eigenvalue weighted by atomic mass is 10.2. The first kappa shape index (κ1) is 11.3. The van der Waals surface area contributed by atoms with Crippen LogP contribution in [0.2, 0.25) is 0 Å². The molecule has 2 rings (SSSR count). The molecule has 0 bridgehead atoms. The van der Waals surface area contributed by atoms with E-state index >= 15 is 0 Å². The molecule has 0 aliphatic carbocycles. The molecule has 1 aromatic heterocycles. The third-order valence-electron chi connectivity index (χ3n) is 2.20. The second-order valence-electron chi connectivity index (χ2n) is 3.45. The Hall–Kier alpha value is -2.23. The van der Waals surface area contributed by atoms with Crippen LogP contribution >= 0.6 is 0 Å². The molecule has 17 heavy (non-hydrogen) atoms. The van der Waals surface area contributed by atoms with E-state index < -0.39 is 0 Å². The van der Waals surface area contributed by atoms with Crippen molar-refractivity contribution in [2.24, 2.45) is 0 Å². The van der Waals surface area contributed by atoms with Crippen LogP contribution in [0.1, 0.15) is 16.1 Å². The number of aromatic nitrogens is 1. The molecule has 0 spiro atoms. The van der Waals surface area contributed by atoms with E-state index in [1.54, 1.807) is 24.3 Å². The lowest BCUT2D eigenvalue weighted by Crippen LogP contribution is -1.96. The summed E-state index contributed by atoms with van der Waals surface area (Å²) in [5.74, 6) is 0.297. The maximum absolute atomic E-state index is 12.6. The molecular weight excluding hydrogens is 221 g/mol. The number of hydrogen-bond donors (Lipinski definition) is 0. The average Bonchev–Trinajstić information content (AvgIpc) is 2.39. The smallest absolute Gasteiger partial charge is 0.168 e. The molecule has 0 radical (unpaired) electrons. The van der Waals surface area contributed by atoms with Crippen molar-refractivity contribution in [2.45, 2.75) is 6.61 Å². The average molecular weight is 231 g/mol. The van der Waals surface area contributed by atoms with Gasteiger partial charge in [-0.05, 0) is 29.8 Å². The van der Waals surface area contributed by atoms with E-state index in [9.17, 15) is 9.18 Å². The van der Waals surface area contributed by atoms with E-state index in [-0.39, 0.29) is 5.82 Å². The van der Waals surface area contributed by atoms with Crippen LogP contribution in [0.4, 0.5) is 4.39 Å². The third-order valence-corrected chi connectivity index (χ3v) is 2.20. The summed E-state index contributed by atoms with van der Waals surface area (Å²) >= 11 is 0. The Morgan fingerprint density at radius 3 is 2.53 bits per heavy atom. The molecule has 1 aromatic carbocycles. The van der Waals surface area contributed by atoms with Gasteiger partial charge in [-0.3, -0.25) is 4.79 Å². The van der Waals surface area contributed by atoms with Crippen molar-refractivity contribution in [1.29, 1.82) is 0 Å². The predicted octanol–water partition coefficient (Wildman–Crippen LogP) is 2.61. The van der Waals surface area contributed by atoms with Gasteiger partial charge in [-0.1, -0.05) is 12.1 Å². The number of rotatable bonds is 4. The summed E-state index contributed by atoms with van der Waals surface area (Å²) in [6.45, 7) is 0.336. The molecule has 0 N–H and O–H groups in total. The molecule has 0 amide bonds. The molecule has 0 saturated heterocycles. The molecule has 4 heteroatoms. The quantitative estimate of drug-likeness (QED) is 0.759. The van der Waals surface area contributed by atoms with E-state index in [2.05, 4.69) is 4.98 Å². The highest BCUT2D eigenvalue weighted by Crippen LogP contribution is 2.11. The van der Waals surface area contributed by atoms with Gasteiger partial charge in [0.25, 0.3) is 0 Å². The number of hydrogen-bond acceptors (Lipinski definition) is 3. The summed E-state index contributed by atoms with van der Waals surface area (Å²) in [6.07, 6.45) is 2.15. The molecular formula is C13H10FNO2. The van der Waals surface area contributed by atoms with Crippen molar-refractivity contribution in [2.75, 3.05) is 0 Å². The summed E-state index contributed by atoms with van der Waals surface area (Å²) in [5, 5.41) is 0. The number of benzene rings is 1. The van der Waals surface area contributed by atoms with Crippen molar-refractivity contribution >= 4 is 6.29 Å². The van der Waals surface area contributed by atoms with Gasteiger partial charge in [0, 0.05) is 0 Å². The van der Waals surface area contributed by atoms with Gasteiger partial charge in [0.1, 0.15) is 23.9 Å². The van der Waals surface area contributed by atoms with Crippen LogP contribution < -0.4 is 4.74 Å². The highest BCUT2D eigenvalue weighted by atomic mass is 19.1. The van der Waals surface area contributed by atoms with E-state index in [0.29, 0.717) is 24.3 Å². The zero-order valence-electron chi connectivity index (χ0n) is 8.97. The first-order valence-corrected chi connectivity index (χ1v) is 5.06. The van der Waals surface area contributed by atoms with Gasteiger partial charge in [-0.2, -0.15) is 0 Å². The zero-order chi connectivity index (χ0) is 12.1. The van der Waals surface area contributed by atoms with Crippen LogP contribution in [0.25, 0.3) is 0 Å². The monoisotopic (exact) mass is 231 g/mol. The molecule has 2 aromatic rings. The first-order valence-electron chi connectivity index (χ1n) is 5.06. The Morgan fingerprint density at radius 2 is 1.94 bits per heavy atom. The molecule has 0 aliphatic heterocycles. The van der Waals surface area contributed by atoms with Gasteiger partial charge in [0.15, 0.2) is 6.29 Å². The van der Waals surface area contributed by atoms with E-state index in [0.717, 1.165) is 5.56 Å². The predicted molar refractivity (Wildman–Crippen MR) is 60.4 cm³/mol. The number of pyridine rings is 1. The number of halogens is 1. The molecule has 86 valence electrons. The van der Waals surface area contributed by atoms with Crippen molar-refractivity contribution in [1.82, 2.24) is 4.98 Å². The van der Waals surface area contributed by atoms with Crippen molar-refractivity contribution < 1.29 is 13.9 Å². The fourth-order valence-corrected chi connectivity index (χ4v) is 1.29. The number of ether oxygens (including phenoxy) is 1. The highest BCUT2D eigenvalue weighted by Gasteiger charge is 1.98. The van der Waals surface area contributed by atoms with Crippen molar-refractivity contribution in [3.8, 4) is 5.75 Å². The second-order valence-corrected chi connectivity index (χ2v) is 3.45. The topological polar surface area (TPSA) is 39.2 Å². The number of carbonyl (C=O) groups is 1. The summed E-state index contributed by atoms with van der Waals surface area (Å²) in [7, 11) is 0. The second kappa shape index (κ2) is 5.21. The normalized spacial score (nSPS) is 9.94. The molecule has 1 heterocycles. The SMILES string of the molecule is O=Cc1ccc(OCc2ccc(F)cc2)cn1. The fraction of sp³-hybridized carbons (Fsp3) is 0.0769. The minimum atomic E-state index is -0.272. The van der Waals surface area contributed by atoms with Gasteiger partial charge in [0.05, 0.1) is 6.20 Å². The minimum absolute atomic E-state index is 0.272. The zero-order valence-corrected chi connectivity index (χ0v) is 8.97. The summed E-state index contributed by atoms with van der Waals surface area (Å²) in [5.41, 5.74) is 1.23. The molecule has 3 nitrogen and oxygen atoms in total. The first-order chi connectivity index (χ1) is 8.28. The van der Waals surface area contributed by atoms with Gasteiger partial charge in [-0.25, -0.2) is 9.37 Å². The van der Waals surface area contributed by atoms with Gasteiger partial charge >= 0.3 is 0 Å². The van der Waals surface area contributed by atoms with Crippen LogP contribution in [0.3, 0.4) is 0 Å². The van der Waals surface area contributed by atoms with E-state index in [1.165, 1.54) is 18.3 Å². The number of nitrogens with zero attached hydrogens (tertiary/aromatic N) is 1. The van der Waals surface area contributed by atoms with Crippen LogP contribution in [0.5, 0.6) is 5.75 Å². The lowest BCUT2D eigenvalue weighted by Gasteiger charge is -2.05. The Balaban J connectivity index is 1.97. The van der Waals surface area contributed by atoms with Crippen molar-refractivity contribution in [3.05, 3.63) is 59.7 Å². The largest absolute Gasteiger partial charge is 0.487 e. The fourth-order valence-electron chi connectivity index (χ4n) is 1.29. The Kier molecular flexibility index (Phi) is 3.45. The van der Waals surface area contributed by atoms with Gasteiger partial charge < -0.3 is 4.74 Å². The Bertz CT molecular complexity index is 494. The highest BCUT2D eigenvalue weighted by molar-refractivity contribution is 5.71. The Morgan fingerprint density at radius 1 is 1.18 bits per heavy atom. The summed E-state index contributed by atoms with van der Waals surface area (Å²) in [4.78, 5) is 14.3. The Labute approximate surface area is 97.9 Å². The molecule has 0 fully saturated rings. The summed E-state index contributed by atoms with van der Waals surface area (Å²) < 4.78 is 18.1.